The maximum absolute atomic E-state index is 8.71. The van der Waals surface area contributed by atoms with E-state index in [9.17, 15) is 0 Å². The van der Waals surface area contributed by atoms with Crippen LogP contribution < -0.4 is 42.5 Å². The van der Waals surface area contributed by atoms with Crippen LogP contribution in [0.15, 0.2) is 0 Å². The Balaban J connectivity index is 3.77. The van der Waals surface area contributed by atoms with Crippen LogP contribution in [0.5, 0.6) is 0 Å². The molecular formula is C48H102N10. The van der Waals surface area contributed by atoms with Crippen molar-refractivity contribution in [1.82, 2.24) is 47.4 Å². The minimum absolute atomic E-state index is 0.537. The van der Waals surface area contributed by atoms with E-state index in [4.69, 9.17) is 5.41 Å². The van der Waals surface area contributed by atoms with Crippen molar-refractivity contribution in [1.29, 1.82) is 5.41 Å². The fraction of sp³-hybridized carbons (Fsp3) is 0.938. The molecule has 344 valence electrons. The fourth-order valence-corrected chi connectivity index (χ4v) is 7.05. The summed E-state index contributed by atoms with van der Waals surface area (Å²) < 4.78 is 0. The number of rotatable bonds is 49. The largest absolute Gasteiger partial charge is 0.317 e. The van der Waals surface area contributed by atoms with Crippen molar-refractivity contribution in [3.8, 4) is 11.8 Å². The minimum atomic E-state index is 0.537. The first kappa shape index (κ1) is 56.9. The van der Waals surface area contributed by atoms with Crippen LogP contribution in [0.2, 0.25) is 0 Å². The first-order chi connectivity index (χ1) is 28.6. The van der Waals surface area contributed by atoms with Gasteiger partial charge in [-0.2, -0.15) is 0 Å². The van der Waals surface area contributed by atoms with Gasteiger partial charge in [0.2, 0.25) is 0 Å². The molecule has 0 aromatic rings. The molecule has 58 heavy (non-hydrogen) atoms. The molecule has 0 aromatic carbocycles. The molecule has 0 aliphatic heterocycles. The van der Waals surface area contributed by atoms with Crippen LogP contribution >= 0.6 is 0 Å². The minimum Gasteiger partial charge on any atom is -0.317 e. The molecule has 0 aliphatic carbocycles. The summed E-state index contributed by atoms with van der Waals surface area (Å²) in [5, 5.41) is 37.1. The number of nitrogens with one attached hydrogen (secondary N) is 9. The summed E-state index contributed by atoms with van der Waals surface area (Å²) in [5.74, 6) is 7.54. The molecule has 0 spiro atoms. The Labute approximate surface area is 362 Å². The van der Waals surface area contributed by atoms with E-state index < -0.39 is 0 Å². The Morgan fingerprint density at radius 3 is 1.14 bits per heavy atom. The molecule has 10 heteroatoms. The smallest absolute Gasteiger partial charge is 0.0121 e. The summed E-state index contributed by atoms with van der Waals surface area (Å²) in [6, 6.07) is 0. The third-order valence-electron chi connectivity index (χ3n) is 10.7. The molecule has 0 aliphatic rings. The van der Waals surface area contributed by atoms with E-state index in [0.29, 0.717) is 5.92 Å². The Morgan fingerprint density at radius 1 is 0.431 bits per heavy atom. The highest BCUT2D eigenvalue weighted by molar-refractivity contribution is 5.81. The normalized spacial score (nSPS) is 12.0. The van der Waals surface area contributed by atoms with E-state index in [-0.39, 0.29) is 0 Å². The summed E-state index contributed by atoms with van der Waals surface area (Å²) in [4.78, 5) is 2.28. The van der Waals surface area contributed by atoms with Gasteiger partial charge in [-0.15, -0.1) is 11.8 Å². The zero-order chi connectivity index (χ0) is 42.1. The molecule has 0 rings (SSSR count). The van der Waals surface area contributed by atoms with Crippen LogP contribution in [0.4, 0.5) is 0 Å². The lowest BCUT2D eigenvalue weighted by atomic mass is 9.91. The predicted molar refractivity (Wildman–Crippen MR) is 258 cm³/mol. The van der Waals surface area contributed by atoms with Gasteiger partial charge in [0.15, 0.2) is 0 Å². The van der Waals surface area contributed by atoms with Gasteiger partial charge in [-0.1, -0.05) is 20.3 Å². The van der Waals surface area contributed by atoms with Crippen LogP contribution in [0, 0.1) is 23.2 Å². The van der Waals surface area contributed by atoms with E-state index in [1.165, 1.54) is 116 Å². The summed E-state index contributed by atoms with van der Waals surface area (Å²) in [7, 11) is 4.32. The van der Waals surface area contributed by atoms with E-state index >= 15 is 0 Å². The van der Waals surface area contributed by atoms with Crippen molar-refractivity contribution < 1.29 is 0 Å². The number of nitrogens with zero attached hydrogens (tertiary/aromatic N) is 1. The van der Waals surface area contributed by atoms with Gasteiger partial charge in [0.25, 0.3) is 0 Å². The van der Waals surface area contributed by atoms with Gasteiger partial charge in [0.1, 0.15) is 0 Å². The number of hydrogen-bond acceptors (Lipinski definition) is 10. The van der Waals surface area contributed by atoms with Crippen molar-refractivity contribution >= 4 is 5.71 Å². The molecule has 0 aromatic heterocycles. The van der Waals surface area contributed by atoms with Gasteiger partial charge in [-0.3, -0.25) is 0 Å². The van der Waals surface area contributed by atoms with Crippen molar-refractivity contribution in [2.45, 2.75) is 162 Å². The molecule has 0 saturated carbocycles. The van der Waals surface area contributed by atoms with Crippen LogP contribution in [0.1, 0.15) is 162 Å². The zero-order valence-electron chi connectivity index (χ0n) is 39.3. The molecule has 0 radical (unpaired) electrons. The van der Waals surface area contributed by atoms with Gasteiger partial charge in [-0.25, -0.2) is 0 Å². The van der Waals surface area contributed by atoms with E-state index in [0.717, 1.165) is 149 Å². The van der Waals surface area contributed by atoms with Crippen molar-refractivity contribution in [3.05, 3.63) is 0 Å². The van der Waals surface area contributed by atoms with Gasteiger partial charge >= 0.3 is 0 Å². The van der Waals surface area contributed by atoms with E-state index in [2.05, 4.69) is 87.2 Å². The molecule has 1 atom stereocenters. The van der Waals surface area contributed by atoms with Crippen LogP contribution in [0.3, 0.4) is 0 Å². The van der Waals surface area contributed by atoms with Gasteiger partial charge in [-0.05, 0) is 260 Å². The molecule has 9 N–H and O–H groups in total. The second-order valence-electron chi connectivity index (χ2n) is 16.9. The molecule has 0 saturated heterocycles. The Bertz CT molecular complexity index is 861. The second kappa shape index (κ2) is 50.2. The first-order valence-electron chi connectivity index (χ1n) is 24.9. The fourth-order valence-electron chi connectivity index (χ4n) is 7.05. The highest BCUT2D eigenvalue weighted by atomic mass is 15.0. The monoisotopic (exact) mass is 819 g/mol. The van der Waals surface area contributed by atoms with Crippen LogP contribution in [-0.2, 0) is 0 Å². The maximum Gasteiger partial charge on any atom is 0.0121 e. The van der Waals surface area contributed by atoms with Crippen molar-refractivity contribution in [2.75, 3.05) is 125 Å². The van der Waals surface area contributed by atoms with Crippen molar-refractivity contribution in [2.24, 2.45) is 5.92 Å². The third kappa shape index (κ3) is 49.2. The topological polar surface area (TPSA) is 123 Å². The third-order valence-corrected chi connectivity index (χ3v) is 10.7. The maximum atomic E-state index is 8.71. The molecule has 0 fully saturated rings. The molecule has 0 bridgehead atoms. The summed E-state index contributed by atoms with van der Waals surface area (Å²) in [6.07, 6.45) is 27.3. The summed E-state index contributed by atoms with van der Waals surface area (Å²) in [6.45, 7) is 23.5. The lowest BCUT2D eigenvalue weighted by Gasteiger charge is -2.16. The molecular weight excluding hydrogens is 717 g/mol. The Kier molecular flexibility index (Phi) is 49.2. The summed E-state index contributed by atoms with van der Waals surface area (Å²) >= 11 is 0. The van der Waals surface area contributed by atoms with E-state index in [1.807, 2.05) is 0 Å². The molecule has 0 amide bonds. The highest BCUT2D eigenvalue weighted by Gasteiger charge is 2.11. The zero-order valence-corrected chi connectivity index (χ0v) is 39.3. The number of unbranched alkanes of at least 4 members (excludes halogenated alkanes) is 10. The summed E-state index contributed by atoms with van der Waals surface area (Å²) in [5.41, 5.74) is 0.938. The average molecular weight is 819 g/mol. The number of hydrogen-bond donors (Lipinski definition) is 9. The standard InChI is InChI=1S/C48H102N10/c1-5-50-31-15-17-35-54-39-23-25-43-56-41-21-19-37-52-33-13-9-7-8-10-28-47(29-12-27-45-58(3)4)46-48(49)30-11-14-34-53-38-20-22-42-57-44-26-24-40-55-36-18-16-32-51-6-2/h47,49-57H,5-7,9,11-46H2,1-4H3. The van der Waals surface area contributed by atoms with Gasteiger partial charge in [0.05, 0.1) is 0 Å². The molecule has 1 unspecified atom stereocenters. The lowest BCUT2D eigenvalue weighted by molar-refractivity contribution is 0.377. The molecule has 10 nitrogen and oxygen atoms in total. The van der Waals surface area contributed by atoms with E-state index in [1.54, 1.807) is 0 Å². The Hall–Kier alpha value is -1.13. The average Bonchev–Trinajstić information content (AvgIpc) is 3.21. The molecule has 0 heterocycles. The SMILES string of the molecule is CCNCCCCNCCCCNCCCCNCCCCC#CCC(CCCCN(C)C)CC(=N)CCCCNCCCCNCCCCNCCCCNCC. The van der Waals surface area contributed by atoms with Crippen LogP contribution in [0.25, 0.3) is 0 Å². The van der Waals surface area contributed by atoms with Crippen molar-refractivity contribution in [3.63, 3.8) is 0 Å². The Morgan fingerprint density at radius 2 is 0.776 bits per heavy atom. The quantitative estimate of drug-likeness (QED) is 0.0183. The lowest BCUT2D eigenvalue weighted by Crippen LogP contribution is -2.22. The predicted octanol–water partition coefficient (Wildman–Crippen LogP) is 6.92. The second-order valence-corrected chi connectivity index (χ2v) is 16.9. The van der Waals surface area contributed by atoms with Crippen LogP contribution in [-0.4, -0.2) is 136 Å². The highest BCUT2D eigenvalue weighted by Crippen LogP contribution is 2.19. The van der Waals surface area contributed by atoms with Gasteiger partial charge in [0, 0.05) is 18.6 Å². The first-order valence-corrected chi connectivity index (χ1v) is 24.9. The van der Waals surface area contributed by atoms with Gasteiger partial charge < -0.3 is 52.8 Å².